The van der Waals surface area contributed by atoms with Crippen molar-refractivity contribution >= 4 is 33.6 Å². The minimum atomic E-state index is -1.15. The van der Waals surface area contributed by atoms with Crippen LogP contribution in [0.5, 0.6) is 11.5 Å². The van der Waals surface area contributed by atoms with Crippen molar-refractivity contribution in [2.24, 2.45) is 0 Å². The van der Waals surface area contributed by atoms with Gasteiger partial charge in [-0.05, 0) is 68.1 Å². The summed E-state index contributed by atoms with van der Waals surface area (Å²) < 4.78 is 11.7. The first kappa shape index (κ1) is 27.1. The van der Waals surface area contributed by atoms with Crippen LogP contribution in [0, 0.1) is 0 Å². The standard InChI is InChI=1S/C35H36N4O4/c1-21(2)43-29-14-13-22(17-30(29)42-4)26-19-39-31(40)20-38(16-15-23-18-36-27-11-7-5-9-24(23)27)34(41)35(39,3)33-32(26)25-10-6-8-12-28(25)37-33/h5-14,17-18,21,26,36-37H,15-16,19-20H2,1-4H3. The van der Waals surface area contributed by atoms with Gasteiger partial charge in [0.1, 0.15) is 0 Å². The first-order chi connectivity index (χ1) is 20.8. The van der Waals surface area contributed by atoms with E-state index in [2.05, 4.69) is 22.1 Å². The summed E-state index contributed by atoms with van der Waals surface area (Å²) >= 11 is 0. The van der Waals surface area contributed by atoms with E-state index in [1.807, 2.05) is 81.6 Å². The van der Waals surface area contributed by atoms with Gasteiger partial charge in [-0.2, -0.15) is 0 Å². The fourth-order valence-electron chi connectivity index (χ4n) is 7.00. The average Bonchev–Trinajstić information content (AvgIpc) is 3.61. The molecule has 2 unspecified atom stereocenters. The summed E-state index contributed by atoms with van der Waals surface area (Å²) in [5, 5.41) is 2.20. The molecule has 0 saturated carbocycles. The Morgan fingerprint density at radius 2 is 1.72 bits per heavy atom. The van der Waals surface area contributed by atoms with Crippen molar-refractivity contribution in [3.63, 3.8) is 0 Å². The maximum atomic E-state index is 14.4. The molecule has 5 aromatic rings. The second-order valence-corrected chi connectivity index (χ2v) is 12.0. The second kappa shape index (κ2) is 10.2. The van der Waals surface area contributed by atoms with Gasteiger partial charge < -0.3 is 29.2 Å². The molecular formula is C35H36N4O4. The van der Waals surface area contributed by atoms with E-state index in [9.17, 15) is 9.59 Å². The van der Waals surface area contributed by atoms with Gasteiger partial charge in [0.2, 0.25) is 5.91 Å². The predicted octanol–water partition coefficient (Wildman–Crippen LogP) is 5.72. The molecule has 4 heterocycles. The number of benzene rings is 3. The molecule has 2 aromatic heterocycles. The van der Waals surface area contributed by atoms with E-state index in [1.165, 1.54) is 0 Å². The number of carbonyl (C=O) groups excluding carboxylic acids is 2. The van der Waals surface area contributed by atoms with Crippen LogP contribution in [0.25, 0.3) is 21.8 Å². The zero-order valence-corrected chi connectivity index (χ0v) is 24.9. The molecule has 0 radical (unpaired) electrons. The fraction of sp³-hybridized carbons (Fsp3) is 0.314. The van der Waals surface area contributed by atoms with Crippen molar-refractivity contribution in [3.8, 4) is 11.5 Å². The second-order valence-electron chi connectivity index (χ2n) is 12.0. The molecule has 0 aliphatic carbocycles. The maximum absolute atomic E-state index is 14.4. The number of aromatic amines is 2. The van der Waals surface area contributed by atoms with Gasteiger partial charge in [-0.1, -0.05) is 42.5 Å². The molecule has 0 bridgehead atoms. The number of hydrogen-bond acceptors (Lipinski definition) is 4. The number of piperazine rings is 1. The number of fused-ring (bicyclic) bond motifs is 6. The van der Waals surface area contributed by atoms with Gasteiger partial charge in [-0.3, -0.25) is 9.59 Å². The SMILES string of the molecule is COc1cc(C2CN3C(=O)CN(CCc4c[nH]c5ccccc45)C(=O)C3(C)c3[nH]c4ccccc4c32)ccc1OC(C)C. The highest BCUT2D eigenvalue weighted by Crippen LogP contribution is 2.49. The highest BCUT2D eigenvalue weighted by Gasteiger charge is 2.56. The molecule has 8 nitrogen and oxygen atoms in total. The number of hydrogen-bond donors (Lipinski definition) is 2. The molecule has 2 atom stereocenters. The first-order valence-electron chi connectivity index (χ1n) is 14.9. The number of H-pyrrole nitrogens is 2. The normalized spacial score (nSPS) is 20.2. The molecule has 2 aliphatic rings. The van der Waals surface area contributed by atoms with Crippen molar-refractivity contribution < 1.29 is 19.1 Å². The van der Waals surface area contributed by atoms with Gasteiger partial charge in [0.05, 0.1) is 25.5 Å². The number of amides is 2. The summed E-state index contributed by atoms with van der Waals surface area (Å²) in [5.74, 6) is 1.05. The van der Waals surface area contributed by atoms with Gasteiger partial charge in [-0.15, -0.1) is 0 Å². The molecule has 0 spiro atoms. The lowest BCUT2D eigenvalue weighted by molar-refractivity contribution is -0.166. The number of nitrogens with one attached hydrogen (secondary N) is 2. The summed E-state index contributed by atoms with van der Waals surface area (Å²) in [6, 6.07) is 22.3. The lowest BCUT2D eigenvalue weighted by atomic mass is 9.76. The Balaban J connectivity index is 1.29. The zero-order chi connectivity index (χ0) is 29.9. The molecule has 3 aromatic carbocycles. The van der Waals surface area contributed by atoms with Crippen molar-refractivity contribution in [2.75, 3.05) is 26.7 Å². The van der Waals surface area contributed by atoms with Gasteiger partial charge >= 0.3 is 0 Å². The van der Waals surface area contributed by atoms with E-state index < -0.39 is 5.54 Å². The van der Waals surface area contributed by atoms with Crippen LogP contribution < -0.4 is 9.47 Å². The Labute approximate surface area is 250 Å². The third kappa shape index (κ3) is 4.27. The largest absolute Gasteiger partial charge is 0.493 e. The van der Waals surface area contributed by atoms with Crippen LogP contribution in [-0.2, 0) is 21.5 Å². The van der Waals surface area contributed by atoms with Crippen LogP contribution in [0.2, 0.25) is 0 Å². The van der Waals surface area contributed by atoms with Crippen LogP contribution in [0.3, 0.4) is 0 Å². The minimum Gasteiger partial charge on any atom is -0.493 e. The molecule has 220 valence electrons. The molecule has 8 heteroatoms. The summed E-state index contributed by atoms with van der Waals surface area (Å²) in [6.07, 6.45) is 2.67. The van der Waals surface area contributed by atoms with Gasteiger partial charge in [-0.25, -0.2) is 0 Å². The van der Waals surface area contributed by atoms with Crippen LogP contribution >= 0.6 is 0 Å². The molecule has 2 aliphatic heterocycles. The minimum absolute atomic E-state index is 0.00579. The van der Waals surface area contributed by atoms with E-state index in [1.54, 1.807) is 16.9 Å². The number of methoxy groups -OCH3 is 1. The summed E-state index contributed by atoms with van der Waals surface area (Å²) in [5.41, 5.74) is 4.84. The monoisotopic (exact) mass is 576 g/mol. The molecule has 7 rings (SSSR count). The van der Waals surface area contributed by atoms with Crippen molar-refractivity contribution in [1.82, 2.24) is 19.8 Å². The molecule has 2 N–H and O–H groups in total. The van der Waals surface area contributed by atoms with Crippen LogP contribution in [0.1, 0.15) is 49.1 Å². The third-order valence-electron chi connectivity index (χ3n) is 9.10. The van der Waals surface area contributed by atoms with E-state index in [-0.39, 0.29) is 30.4 Å². The summed E-state index contributed by atoms with van der Waals surface area (Å²) in [6.45, 7) is 6.77. The topological polar surface area (TPSA) is 90.7 Å². The number of para-hydroxylation sites is 2. The Morgan fingerprint density at radius 3 is 2.49 bits per heavy atom. The Hall–Kier alpha value is -4.72. The Kier molecular flexibility index (Phi) is 6.45. The van der Waals surface area contributed by atoms with Crippen molar-refractivity contribution in [2.45, 2.75) is 44.8 Å². The molecule has 2 amide bonds. The predicted molar refractivity (Wildman–Crippen MR) is 167 cm³/mol. The van der Waals surface area contributed by atoms with Crippen molar-refractivity contribution in [3.05, 3.63) is 95.3 Å². The smallest absolute Gasteiger partial charge is 0.254 e. The fourth-order valence-corrected chi connectivity index (χ4v) is 7.00. The lowest BCUT2D eigenvalue weighted by Gasteiger charge is -2.51. The van der Waals surface area contributed by atoms with E-state index in [0.717, 1.165) is 44.2 Å². The van der Waals surface area contributed by atoms with Gasteiger partial charge in [0.25, 0.3) is 5.91 Å². The summed E-state index contributed by atoms with van der Waals surface area (Å²) in [4.78, 5) is 38.8. The number of carbonyl (C=O) groups is 2. The molecule has 43 heavy (non-hydrogen) atoms. The average molecular weight is 577 g/mol. The van der Waals surface area contributed by atoms with E-state index in [0.29, 0.717) is 31.0 Å². The quantitative estimate of drug-likeness (QED) is 0.259. The number of rotatable bonds is 7. The van der Waals surface area contributed by atoms with Crippen LogP contribution in [0.4, 0.5) is 0 Å². The summed E-state index contributed by atoms with van der Waals surface area (Å²) in [7, 11) is 1.64. The number of ether oxygens (including phenoxy) is 2. The van der Waals surface area contributed by atoms with E-state index >= 15 is 0 Å². The number of nitrogens with zero attached hydrogens (tertiary/aromatic N) is 2. The first-order valence-corrected chi connectivity index (χ1v) is 14.9. The molecule has 1 fully saturated rings. The molecular weight excluding hydrogens is 540 g/mol. The van der Waals surface area contributed by atoms with Crippen molar-refractivity contribution in [1.29, 1.82) is 0 Å². The highest BCUT2D eigenvalue weighted by molar-refractivity contribution is 6.01. The lowest BCUT2D eigenvalue weighted by Crippen LogP contribution is -2.67. The Morgan fingerprint density at radius 1 is 0.977 bits per heavy atom. The van der Waals surface area contributed by atoms with Gasteiger partial charge in [0.15, 0.2) is 17.0 Å². The van der Waals surface area contributed by atoms with Gasteiger partial charge in [0, 0.05) is 47.0 Å². The highest BCUT2D eigenvalue weighted by atomic mass is 16.5. The molecule has 1 saturated heterocycles. The maximum Gasteiger partial charge on any atom is 0.254 e. The van der Waals surface area contributed by atoms with E-state index in [4.69, 9.17) is 9.47 Å². The van der Waals surface area contributed by atoms with Crippen LogP contribution in [-0.4, -0.2) is 64.4 Å². The third-order valence-corrected chi connectivity index (χ3v) is 9.10. The zero-order valence-electron chi connectivity index (χ0n) is 24.9. The Bertz CT molecular complexity index is 1870. The number of aromatic nitrogens is 2. The van der Waals surface area contributed by atoms with Crippen LogP contribution in [0.15, 0.2) is 72.9 Å².